The van der Waals surface area contributed by atoms with Crippen molar-refractivity contribution in [2.24, 2.45) is 0 Å². The van der Waals surface area contributed by atoms with Gasteiger partial charge in [-0.1, -0.05) is 35.9 Å². The van der Waals surface area contributed by atoms with Crippen LogP contribution in [0.2, 0.25) is 0 Å². The normalized spacial score (nSPS) is 17.3. The number of rotatable bonds is 6. The number of hydrogen-bond donors (Lipinski definition) is 0. The van der Waals surface area contributed by atoms with Crippen LogP contribution in [0.3, 0.4) is 0 Å². The lowest BCUT2D eigenvalue weighted by molar-refractivity contribution is -0.133. The molecule has 2 aromatic rings. The number of piperazine rings is 1. The molecule has 0 bridgehead atoms. The second-order valence-electron chi connectivity index (χ2n) is 8.82. The number of nitrogens with zero attached hydrogens (tertiary/aromatic N) is 3. The third-order valence-electron chi connectivity index (χ3n) is 6.30. The van der Waals surface area contributed by atoms with Crippen LogP contribution in [0.1, 0.15) is 40.7 Å². The van der Waals surface area contributed by atoms with Crippen molar-refractivity contribution in [1.29, 1.82) is 0 Å². The van der Waals surface area contributed by atoms with Gasteiger partial charge in [-0.15, -0.1) is 0 Å². The number of amides is 2. The fraction of sp³-hybridized carbons (Fsp3) is 0.462. The molecule has 0 aliphatic carbocycles. The van der Waals surface area contributed by atoms with E-state index in [0.29, 0.717) is 37.6 Å². The molecule has 2 amide bonds. The molecule has 0 saturated carbocycles. The molecule has 0 aromatic heterocycles. The summed E-state index contributed by atoms with van der Waals surface area (Å²) < 4.78 is 5.92. The Hall–Kier alpha value is -2.86. The number of carbonyl (C=O) groups is 2. The second-order valence-corrected chi connectivity index (χ2v) is 8.82. The molecule has 2 aliphatic rings. The molecule has 2 aliphatic heterocycles. The number of hydrogen-bond acceptors (Lipinski definition) is 4. The Labute approximate surface area is 190 Å². The number of carbonyl (C=O) groups excluding carboxylic acids is 2. The first-order chi connectivity index (χ1) is 15.6. The minimum absolute atomic E-state index is 0.0213. The molecule has 2 aromatic carbocycles. The van der Waals surface area contributed by atoms with Gasteiger partial charge in [0.05, 0.1) is 6.54 Å². The molecule has 2 fully saturated rings. The smallest absolute Gasteiger partial charge is 0.254 e. The van der Waals surface area contributed by atoms with Crippen molar-refractivity contribution in [3.63, 3.8) is 0 Å². The molecule has 0 radical (unpaired) electrons. The fourth-order valence-electron chi connectivity index (χ4n) is 4.41. The molecule has 6 heteroatoms. The summed E-state index contributed by atoms with van der Waals surface area (Å²) in [5.41, 5.74) is 2.95. The third-order valence-corrected chi connectivity index (χ3v) is 6.30. The van der Waals surface area contributed by atoms with Crippen LogP contribution in [0.15, 0.2) is 48.5 Å². The van der Waals surface area contributed by atoms with E-state index in [1.54, 1.807) is 0 Å². The van der Waals surface area contributed by atoms with E-state index in [1.165, 1.54) is 12.0 Å². The molecule has 170 valence electrons. The SMILES string of the molecule is Cc1cccc(COc2cccc(C(=O)N3CCN(CC(=O)N4CCCCC4)CC3)c2)c1. The van der Waals surface area contributed by atoms with E-state index in [0.717, 1.165) is 44.6 Å². The summed E-state index contributed by atoms with van der Waals surface area (Å²) >= 11 is 0. The third kappa shape index (κ3) is 5.88. The van der Waals surface area contributed by atoms with Gasteiger partial charge in [-0.2, -0.15) is 0 Å². The van der Waals surface area contributed by atoms with Crippen molar-refractivity contribution >= 4 is 11.8 Å². The zero-order chi connectivity index (χ0) is 22.3. The van der Waals surface area contributed by atoms with Crippen LogP contribution in [-0.2, 0) is 11.4 Å². The molecule has 2 saturated heterocycles. The standard InChI is InChI=1S/C26H33N3O3/c1-21-7-5-8-22(17-21)20-32-24-10-6-9-23(18-24)26(31)29-15-13-27(14-16-29)19-25(30)28-11-3-2-4-12-28/h5-10,17-18H,2-4,11-16,19-20H2,1H3. The number of ether oxygens (including phenoxy) is 1. The summed E-state index contributed by atoms with van der Waals surface area (Å²) in [7, 11) is 0. The number of benzene rings is 2. The van der Waals surface area contributed by atoms with Gasteiger partial charge in [-0.05, 0) is 49.9 Å². The van der Waals surface area contributed by atoms with E-state index in [1.807, 2.05) is 46.2 Å². The van der Waals surface area contributed by atoms with E-state index in [2.05, 4.69) is 24.0 Å². The van der Waals surface area contributed by atoms with E-state index in [-0.39, 0.29) is 11.8 Å². The Bertz CT molecular complexity index is 931. The van der Waals surface area contributed by atoms with Crippen molar-refractivity contribution in [1.82, 2.24) is 14.7 Å². The van der Waals surface area contributed by atoms with E-state index >= 15 is 0 Å². The Morgan fingerprint density at radius 1 is 0.844 bits per heavy atom. The van der Waals surface area contributed by atoms with E-state index in [4.69, 9.17) is 4.74 Å². The minimum Gasteiger partial charge on any atom is -0.489 e. The maximum Gasteiger partial charge on any atom is 0.254 e. The van der Waals surface area contributed by atoms with Gasteiger partial charge in [0, 0.05) is 44.8 Å². The van der Waals surface area contributed by atoms with Gasteiger partial charge in [0.25, 0.3) is 5.91 Å². The maximum absolute atomic E-state index is 13.0. The van der Waals surface area contributed by atoms with Gasteiger partial charge in [0.2, 0.25) is 5.91 Å². The Morgan fingerprint density at radius 3 is 2.34 bits per heavy atom. The lowest BCUT2D eigenvalue weighted by atomic mass is 10.1. The highest BCUT2D eigenvalue weighted by Crippen LogP contribution is 2.18. The van der Waals surface area contributed by atoms with Gasteiger partial charge in [0.15, 0.2) is 0 Å². The summed E-state index contributed by atoms with van der Waals surface area (Å²) in [4.78, 5) is 31.6. The quantitative estimate of drug-likeness (QED) is 0.698. The fourth-order valence-corrected chi connectivity index (χ4v) is 4.41. The van der Waals surface area contributed by atoms with Gasteiger partial charge < -0.3 is 14.5 Å². The number of aryl methyl sites for hydroxylation is 1. The van der Waals surface area contributed by atoms with Crippen LogP contribution < -0.4 is 4.74 Å². The van der Waals surface area contributed by atoms with E-state index in [9.17, 15) is 9.59 Å². The predicted octanol–water partition coefficient (Wildman–Crippen LogP) is 3.34. The van der Waals surface area contributed by atoms with Crippen LogP contribution in [0.4, 0.5) is 0 Å². The van der Waals surface area contributed by atoms with Crippen LogP contribution in [0.25, 0.3) is 0 Å². The van der Waals surface area contributed by atoms with Gasteiger partial charge in [0.1, 0.15) is 12.4 Å². The van der Waals surface area contributed by atoms with Crippen LogP contribution in [0.5, 0.6) is 5.75 Å². The molecule has 0 N–H and O–H groups in total. The van der Waals surface area contributed by atoms with Crippen molar-refractivity contribution in [3.05, 3.63) is 65.2 Å². The zero-order valence-electron chi connectivity index (χ0n) is 19.0. The molecule has 6 nitrogen and oxygen atoms in total. The highest BCUT2D eigenvalue weighted by atomic mass is 16.5. The van der Waals surface area contributed by atoms with Crippen molar-refractivity contribution in [2.45, 2.75) is 32.8 Å². The summed E-state index contributed by atoms with van der Waals surface area (Å²) in [5.74, 6) is 0.944. The van der Waals surface area contributed by atoms with Crippen molar-refractivity contribution < 1.29 is 14.3 Å². The largest absolute Gasteiger partial charge is 0.489 e. The number of likely N-dealkylation sites (tertiary alicyclic amines) is 1. The molecular weight excluding hydrogens is 402 g/mol. The Balaban J connectivity index is 1.27. The number of piperidine rings is 1. The summed E-state index contributed by atoms with van der Waals surface area (Å²) in [6.07, 6.45) is 3.45. The molecule has 0 unspecified atom stereocenters. The zero-order valence-corrected chi connectivity index (χ0v) is 19.0. The summed E-state index contributed by atoms with van der Waals surface area (Å²) in [6.45, 7) is 7.52. The topological polar surface area (TPSA) is 53.1 Å². The molecule has 32 heavy (non-hydrogen) atoms. The first-order valence-corrected chi connectivity index (χ1v) is 11.7. The van der Waals surface area contributed by atoms with Crippen molar-refractivity contribution in [3.8, 4) is 5.75 Å². The average molecular weight is 436 g/mol. The first-order valence-electron chi connectivity index (χ1n) is 11.7. The average Bonchev–Trinajstić information content (AvgIpc) is 2.83. The lowest BCUT2D eigenvalue weighted by Gasteiger charge is -2.36. The van der Waals surface area contributed by atoms with Gasteiger partial charge in [-0.25, -0.2) is 0 Å². The Morgan fingerprint density at radius 2 is 1.59 bits per heavy atom. The molecule has 2 heterocycles. The van der Waals surface area contributed by atoms with Crippen LogP contribution >= 0.6 is 0 Å². The second kappa shape index (κ2) is 10.6. The molecule has 0 spiro atoms. The highest BCUT2D eigenvalue weighted by molar-refractivity contribution is 5.94. The summed E-state index contributed by atoms with van der Waals surface area (Å²) in [5, 5.41) is 0. The Kier molecular flexibility index (Phi) is 7.43. The van der Waals surface area contributed by atoms with Gasteiger partial charge in [-0.3, -0.25) is 14.5 Å². The predicted molar refractivity (Wildman–Crippen MR) is 125 cm³/mol. The van der Waals surface area contributed by atoms with Crippen molar-refractivity contribution in [2.75, 3.05) is 45.8 Å². The van der Waals surface area contributed by atoms with E-state index < -0.39 is 0 Å². The summed E-state index contributed by atoms with van der Waals surface area (Å²) in [6, 6.07) is 15.6. The minimum atomic E-state index is 0.0213. The van der Waals surface area contributed by atoms with Crippen LogP contribution in [-0.4, -0.2) is 72.3 Å². The molecule has 4 rings (SSSR count). The molecular formula is C26H33N3O3. The van der Waals surface area contributed by atoms with Gasteiger partial charge >= 0.3 is 0 Å². The lowest BCUT2D eigenvalue weighted by Crippen LogP contribution is -2.52. The monoisotopic (exact) mass is 435 g/mol. The van der Waals surface area contributed by atoms with Crippen LogP contribution in [0, 0.1) is 6.92 Å². The maximum atomic E-state index is 13.0. The highest BCUT2D eigenvalue weighted by Gasteiger charge is 2.25. The molecule has 0 atom stereocenters. The first kappa shape index (κ1) is 22.3.